The van der Waals surface area contributed by atoms with Gasteiger partial charge in [0, 0.05) is 18.9 Å². The van der Waals surface area contributed by atoms with E-state index in [1.54, 1.807) is 11.8 Å². The van der Waals surface area contributed by atoms with Crippen molar-refractivity contribution in [3.05, 3.63) is 28.7 Å². The first-order valence-corrected chi connectivity index (χ1v) is 6.69. The number of aromatic nitrogens is 4. The molecule has 0 aromatic carbocycles. The van der Waals surface area contributed by atoms with Gasteiger partial charge in [-0.05, 0) is 25.8 Å². The Morgan fingerprint density at radius 3 is 2.70 bits per heavy atom. The third-order valence-electron chi connectivity index (χ3n) is 3.35. The predicted octanol–water partition coefficient (Wildman–Crippen LogP) is 2.01. The molecule has 0 saturated carbocycles. The first-order chi connectivity index (χ1) is 9.56. The summed E-state index contributed by atoms with van der Waals surface area (Å²) in [6.07, 6.45) is 2.69. The second kappa shape index (κ2) is 5.90. The summed E-state index contributed by atoms with van der Waals surface area (Å²) < 4.78 is 7.17. The van der Waals surface area contributed by atoms with Crippen LogP contribution in [0, 0.1) is 13.8 Å². The van der Waals surface area contributed by atoms with Crippen molar-refractivity contribution in [2.24, 2.45) is 7.05 Å². The highest BCUT2D eigenvalue weighted by Gasteiger charge is 2.15. The Bertz CT molecular complexity index is 606. The average Bonchev–Trinajstić information content (AvgIpc) is 2.75. The lowest BCUT2D eigenvalue weighted by Crippen LogP contribution is -2.07. The standard InChI is InChI=1S/C14H21N5O/c1-6-12-11(13(20-5)19(4)18-12)8-16-14-15-7-9(2)10(3)17-14/h7H,6,8H2,1-5H3,(H,15,16,17). The zero-order chi connectivity index (χ0) is 14.7. The quantitative estimate of drug-likeness (QED) is 0.904. The summed E-state index contributed by atoms with van der Waals surface area (Å²) in [4.78, 5) is 8.70. The largest absolute Gasteiger partial charge is 0.481 e. The molecule has 0 aliphatic rings. The lowest BCUT2D eigenvalue weighted by molar-refractivity contribution is 0.369. The summed E-state index contributed by atoms with van der Waals surface area (Å²) in [5.41, 5.74) is 4.15. The van der Waals surface area contributed by atoms with Crippen LogP contribution in [0.1, 0.15) is 29.4 Å². The maximum absolute atomic E-state index is 5.41. The molecule has 108 valence electrons. The molecule has 2 heterocycles. The fraction of sp³-hybridized carbons (Fsp3) is 0.500. The van der Waals surface area contributed by atoms with Crippen LogP contribution >= 0.6 is 0 Å². The van der Waals surface area contributed by atoms with Crippen molar-refractivity contribution >= 4 is 5.95 Å². The van der Waals surface area contributed by atoms with Gasteiger partial charge in [0.2, 0.25) is 11.8 Å². The zero-order valence-corrected chi connectivity index (χ0v) is 12.7. The van der Waals surface area contributed by atoms with E-state index in [9.17, 15) is 0 Å². The van der Waals surface area contributed by atoms with E-state index in [-0.39, 0.29) is 0 Å². The second-order valence-corrected chi connectivity index (χ2v) is 4.73. The van der Waals surface area contributed by atoms with E-state index in [4.69, 9.17) is 4.74 Å². The van der Waals surface area contributed by atoms with Gasteiger partial charge in [-0.1, -0.05) is 6.92 Å². The Hall–Kier alpha value is -2.11. The minimum absolute atomic E-state index is 0.600. The van der Waals surface area contributed by atoms with Crippen LogP contribution in [0.5, 0.6) is 5.88 Å². The van der Waals surface area contributed by atoms with Crippen LogP contribution in [0.15, 0.2) is 6.20 Å². The average molecular weight is 275 g/mol. The lowest BCUT2D eigenvalue weighted by Gasteiger charge is -2.08. The molecule has 0 unspecified atom stereocenters. The molecule has 6 nitrogen and oxygen atoms in total. The molecule has 0 spiro atoms. The van der Waals surface area contributed by atoms with Crippen molar-refractivity contribution in [2.45, 2.75) is 33.7 Å². The summed E-state index contributed by atoms with van der Waals surface area (Å²) in [7, 11) is 3.54. The second-order valence-electron chi connectivity index (χ2n) is 4.73. The van der Waals surface area contributed by atoms with Crippen molar-refractivity contribution in [3.63, 3.8) is 0 Å². The minimum Gasteiger partial charge on any atom is -0.481 e. The van der Waals surface area contributed by atoms with E-state index < -0.39 is 0 Å². The van der Waals surface area contributed by atoms with E-state index in [0.29, 0.717) is 12.5 Å². The molecule has 0 aliphatic carbocycles. The van der Waals surface area contributed by atoms with Crippen LogP contribution in [0.4, 0.5) is 5.95 Å². The zero-order valence-electron chi connectivity index (χ0n) is 12.7. The summed E-state index contributed by atoms with van der Waals surface area (Å²) in [6, 6.07) is 0. The summed E-state index contributed by atoms with van der Waals surface area (Å²) >= 11 is 0. The number of anilines is 1. The van der Waals surface area contributed by atoms with Gasteiger partial charge in [0.05, 0.1) is 24.9 Å². The van der Waals surface area contributed by atoms with E-state index in [0.717, 1.165) is 34.8 Å². The highest BCUT2D eigenvalue weighted by molar-refractivity contribution is 5.37. The van der Waals surface area contributed by atoms with E-state index in [1.807, 2.05) is 27.1 Å². The molecule has 6 heteroatoms. The Labute approximate surface area is 119 Å². The Balaban J connectivity index is 2.19. The van der Waals surface area contributed by atoms with Gasteiger partial charge in [-0.15, -0.1) is 0 Å². The third kappa shape index (κ3) is 2.74. The molecule has 0 saturated heterocycles. The van der Waals surface area contributed by atoms with E-state index >= 15 is 0 Å². The van der Waals surface area contributed by atoms with Crippen LogP contribution < -0.4 is 10.1 Å². The fourth-order valence-electron chi connectivity index (χ4n) is 2.10. The molecular weight excluding hydrogens is 254 g/mol. The number of ether oxygens (including phenoxy) is 1. The number of nitrogens with one attached hydrogen (secondary N) is 1. The Kier molecular flexibility index (Phi) is 4.22. The van der Waals surface area contributed by atoms with Crippen molar-refractivity contribution in [1.82, 2.24) is 19.7 Å². The Morgan fingerprint density at radius 1 is 1.35 bits per heavy atom. The first kappa shape index (κ1) is 14.3. The van der Waals surface area contributed by atoms with Crippen molar-refractivity contribution in [3.8, 4) is 5.88 Å². The fourth-order valence-corrected chi connectivity index (χ4v) is 2.10. The molecule has 0 amide bonds. The Morgan fingerprint density at radius 2 is 2.10 bits per heavy atom. The van der Waals surface area contributed by atoms with Crippen molar-refractivity contribution in [1.29, 1.82) is 0 Å². The predicted molar refractivity (Wildman–Crippen MR) is 78.0 cm³/mol. The molecule has 2 aromatic rings. The number of aryl methyl sites for hydroxylation is 4. The molecule has 0 radical (unpaired) electrons. The smallest absolute Gasteiger partial charge is 0.223 e. The number of hydrogen-bond acceptors (Lipinski definition) is 5. The SMILES string of the molecule is CCc1nn(C)c(OC)c1CNc1ncc(C)c(C)n1. The normalized spacial score (nSPS) is 10.7. The molecule has 1 N–H and O–H groups in total. The number of rotatable bonds is 5. The topological polar surface area (TPSA) is 64.9 Å². The van der Waals surface area contributed by atoms with Gasteiger partial charge in [0.1, 0.15) is 0 Å². The summed E-state index contributed by atoms with van der Waals surface area (Å²) in [6.45, 7) is 6.66. The number of hydrogen-bond donors (Lipinski definition) is 1. The first-order valence-electron chi connectivity index (χ1n) is 6.69. The monoisotopic (exact) mass is 275 g/mol. The molecule has 0 bridgehead atoms. The molecule has 20 heavy (non-hydrogen) atoms. The van der Waals surface area contributed by atoms with Gasteiger partial charge in [-0.2, -0.15) is 5.10 Å². The highest BCUT2D eigenvalue weighted by Crippen LogP contribution is 2.22. The molecule has 0 aliphatic heterocycles. The highest BCUT2D eigenvalue weighted by atomic mass is 16.5. The van der Waals surface area contributed by atoms with E-state index in [2.05, 4.69) is 27.3 Å². The van der Waals surface area contributed by atoms with Gasteiger partial charge in [-0.25, -0.2) is 14.6 Å². The van der Waals surface area contributed by atoms with Crippen LogP contribution in [0.2, 0.25) is 0 Å². The minimum atomic E-state index is 0.600. The summed E-state index contributed by atoms with van der Waals surface area (Å²) in [5, 5.41) is 7.69. The number of nitrogens with zero attached hydrogens (tertiary/aromatic N) is 4. The molecule has 0 atom stereocenters. The lowest BCUT2D eigenvalue weighted by atomic mass is 10.2. The van der Waals surface area contributed by atoms with Gasteiger partial charge in [0.15, 0.2) is 0 Å². The summed E-state index contributed by atoms with van der Waals surface area (Å²) in [5.74, 6) is 1.40. The van der Waals surface area contributed by atoms with Crippen molar-refractivity contribution in [2.75, 3.05) is 12.4 Å². The third-order valence-corrected chi connectivity index (χ3v) is 3.35. The molecule has 2 aromatic heterocycles. The van der Waals surface area contributed by atoms with Crippen LogP contribution in [-0.2, 0) is 20.0 Å². The molecule has 2 rings (SSSR count). The van der Waals surface area contributed by atoms with Crippen LogP contribution in [0.25, 0.3) is 0 Å². The van der Waals surface area contributed by atoms with Crippen molar-refractivity contribution < 1.29 is 4.74 Å². The molecular formula is C14H21N5O. The van der Waals surface area contributed by atoms with Crippen LogP contribution in [0.3, 0.4) is 0 Å². The van der Waals surface area contributed by atoms with E-state index in [1.165, 1.54) is 0 Å². The number of methoxy groups -OCH3 is 1. The maximum Gasteiger partial charge on any atom is 0.223 e. The van der Waals surface area contributed by atoms with Gasteiger partial charge < -0.3 is 10.1 Å². The molecule has 0 fully saturated rings. The van der Waals surface area contributed by atoms with Gasteiger partial charge >= 0.3 is 0 Å². The van der Waals surface area contributed by atoms with Crippen LogP contribution in [-0.4, -0.2) is 26.9 Å². The van der Waals surface area contributed by atoms with Gasteiger partial charge in [-0.3, -0.25) is 0 Å². The maximum atomic E-state index is 5.41. The van der Waals surface area contributed by atoms with Gasteiger partial charge in [0.25, 0.3) is 0 Å².